The molecule has 5 heterocycles. The van der Waals surface area contributed by atoms with Crippen molar-refractivity contribution in [1.29, 1.82) is 0 Å². The molecule has 0 spiro atoms. The average molecular weight is 445 g/mol. The highest BCUT2D eigenvalue weighted by Gasteiger charge is 2.39. The number of amides is 3. The van der Waals surface area contributed by atoms with Gasteiger partial charge in [-0.15, -0.1) is 0 Å². The third-order valence-corrected chi connectivity index (χ3v) is 6.77. The summed E-state index contributed by atoms with van der Waals surface area (Å²) in [6.45, 7) is 2.40. The molecular formula is C24H23N5O4. The van der Waals surface area contributed by atoms with E-state index in [1.165, 1.54) is 0 Å². The maximum atomic E-state index is 13.0. The summed E-state index contributed by atoms with van der Waals surface area (Å²) in [5.41, 5.74) is 5.06. The minimum Gasteiger partial charge on any atom is -0.390 e. The fraction of sp³-hybridized carbons (Fsp3) is 0.333. The van der Waals surface area contributed by atoms with Gasteiger partial charge in [-0.3, -0.25) is 24.6 Å². The van der Waals surface area contributed by atoms with Crippen molar-refractivity contribution in [3.05, 3.63) is 53.2 Å². The van der Waals surface area contributed by atoms with Crippen LogP contribution in [0.15, 0.2) is 36.5 Å². The van der Waals surface area contributed by atoms with Crippen LogP contribution in [0.4, 0.5) is 0 Å². The Labute approximate surface area is 189 Å². The van der Waals surface area contributed by atoms with Gasteiger partial charge >= 0.3 is 0 Å². The normalized spacial score (nSPS) is 21.4. The van der Waals surface area contributed by atoms with Gasteiger partial charge in [0.15, 0.2) is 0 Å². The summed E-state index contributed by atoms with van der Waals surface area (Å²) < 4.78 is 0. The molecule has 3 amide bonds. The van der Waals surface area contributed by atoms with Crippen molar-refractivity contribution in [2.24, 2.45) is 0 Å². The molecule has 0 radical (unpaired) electrons. The van der Waals surface area contributed by atoms with Gasteiger partial charge in [-0.1, -0.05) is 6.07 Å². The van der Waals surface area contributed by atoms with Crippen LogP contribution in [0.25, 0.3) is 22.3 Å². The van der Waals surface area contributed by atoms with Gasteiger partial charge in [0, 0.05) is 55.3 Å². The molecule has 168 valence electrons. The van der Waals surface area contributed by atoms with E-state index in [1.807, 2.05) is 24.4 Å². The summed E-state index contributed by atoms with van der Waals surface area (Å²) in [5.74, 6) is -0.889. The zero-order chi connectivity index (χ0) is 22.7. The quantitative estimate of drug-likeness (QED) is 0.519. The highest BCUT2D eigenvalue weighted by atomic mass is 16.3. The molecule has 0 bridgehead atoms. The number of imide groups is 1. The van der Waals surface area contributed by atoms with E-state index in [-0.39, 0.29) is 24.3 Å². The molecular weight excluding hydrogens is 422 g/mol. The number of aliphatic hydroxyl groups is 1. The van der Waals surface area contributed by atoms with Gasteiger partial charge in [0.05, 0.1) is 11.8 Å². The lowest BCUT2D eigenvalue weighted by Gasteiger charge is -2.36. The Morgan fingerprint density at radius 3 is 2.76 bits per heavy atom. The first-order valence-corrected chi connectivity index (χ1v) is 11.1. The van der Waals surface area contributed by atoms with Crippen LogP contribution in [0.3, 0.4) is 0 Å². The molecule has 1 unspecified atom stereocenters. The first kappa shape index (κ1) is 20.1. The van der Waals surface area contributed by atoms with Crippen molar-refractivity contribution in [3.63, 3.8) is 0 Å². The molecule has 0 saturated carbocycles. The summed E-state index contributed by atoms with van der Waals surface area (Å²) in [6.07, 6.45) is 2.19. The Morgan fingerprint density at radius 2 is 1.97 bits per heavy atom. The van der Waals surface area contributed by atoms with Crippen LogP contribution in [-0.4, -0.2) is 67.8 Å². The number of β-amino-alcohol motifs (C(OH)–C–C–N with tert-alkyl or cyclic N) is 1. The number of nitrogens with one attached hydrogen (secondary N) is 2. The molecule has 2 aromatic heterocycles. The lowest BCUT2D eigenvalue weighted by Crippen LogP contribution is -2.52. The monoisotopic (exact) mass is 445 g/mol. The summed E-state index contributed by atoms with van der Waals surface area (Å²) >= 11 is 0. The minimum atomic E-state index is -0.627. The highest BCUT2D eigenvalue weighted by Crippen LogP contribution is 2.32. The van der Waals surface area contributed by atoms with E-state index in [0.717, 1.165) is 40.0 Å². The molecule has 0 aliphatic carbocycles. The number of benzene rings is 1. The number of piperidine rings is 1. The van der Waals surface area contributed by atoms with Crippen LogP contribution >= 0.6 is 0 Å². The second kappa shape index (κ2) is 7.50. The van der Waals surface area contributed by atoms with E-state index in [9.17, 15) is 19.5 Å². The zero-order valence-electron chi connectivity index (χ0n) is 17.9. The molecule has 2 saturated heterocycles. The third kappa shape index (κ3) is 3.40. The predicted octanol–water partition coefficient (Wildman–Crippen LogP) is 1.17. The van der Waals surface area contributed by atoms with Gasteiger partial charge in [-0.05, 0) is 41.8 Å². The fourth-order valence-corrected chi connectivity index (χ4v) is 5.03. The molecule has 1 atom stereocenters. The van der Waals surface area contributed by atoms with Gasteiger partial charge in [-0.25, -0.2) is 4.98 Å². The van der Waals surface area contributed by atoms with Gasteiger partial charge in [0.1, 0.15) is 11.7 Å². The number of hydrogen-bond donors (Lipinski definition) is 3. The number of aromatic nitrogens is 2. The lowest BCUT2D eigenvalue weighted by atomic mass is 10.0. The number of aliphatic hydroxyl groups excluding tert-OH is 1. The van der Waals surface area contributed by atoms with E-state index in [4.69, 9.17) is 4.98 Å². The van der Waals surface area contributed by atoms with Gasteiger partial charge in [0.25, 0.3) is 5.91 Å². The maximum absolute atomic E-state index is 13.0. The number of rotatable bonds is 4. The maximum Gasteiger partial charge on any atom is 0.255 e. The fourth-order valence-electron chi connectivity index (χ4n) is 5.03. The number of fused-ring (bicyclic) bond motifs is 2. The van der Waals surface area contributed by atoms with E-state index in [0.29, 0.717) is 31.6 Å². The second-order valence-corrected chi connectivity index (χ2v) is 9.03. The second-order valence-electron chi connectivity index (χ2n) is 9.03. The summed E-state index contributed by atoms with van der Waals surface area (Å²) in [6, 6.07) is 9.10. The first-order valence-electron chi connectivity index (χ1n) is 11.1. The molecule has 9 heteroatoms. The van der Waals surface area contributed by atoms with Gasteiger partial charge < -0.3 is 15.0 Å². The number of H-pyrrole nitrogens is 1. The Balaban J connectivity index is 1.31. The van der Waals surface area contributed by atoms with Crippen LogP contribution in [0.2, 0.25) is 0 Å². The summed E-state index contributed by atoms with van der Waals surface area (Å²) in [7, 11) is 0. The molecule has 3 aliphatic heterocycles. The molecule has 33 heavy (non-hydrogen) atoms. The molecule has 2 fully saturated rings. The molecule has 3 aliphatic rings. The Kier molecular flexibility index (Phi) is 4.56. The molecule has 9 nitrogen and oxygen atoms in total. The Morgan fingerprint density at radius 1 is 1.12 bits per heavy atom. The van der Waals surface area contributed by atoms with Crippen LogP contribution in [-0.2, 0) is 22.7 Å². The predicted molar refractivity (Wildman–Crippen MR) is 119 cm³/mol. The van der Waals surface area contributed by atoms with Crippen LogP contribution in [0.5, 0.6) is 0 Å². The number of pyridine rings is 1. The number of nitrogens with zero attached hydrogens (tertiary/aromatic N) is 3. The van der Waals surface area contributed by atoms with E-state index < -0.39 is 11.9 Å². The number of likely N-dealkylation sites (tertiary alicyclic amines) is 1. The molecule has 6 rings (SSSR count). The molecule has 1 aromatic carbocycles. The van der Waals surface area contributed by atoms with E-state index in [2.05, 4.69) is 21.3 Å². The zero-order valence-corrected chi connectivity index (χ0v) is 17.9. The van der Waals surface area contributed by atoms with Crippen LogP contribution in [0, 0.1) is 0 Å². The Bertz CT molecular complexity index is 1310. The SMILES string of the molecule is O=C1CCC(N2Cc3cc(-c4cc(CN5CC(O)C5)c5cc[nH]c5n4)ccc3C2=O)C(=O)N1. The number of carbonyl (C=O) groups excluding carboxylic acids is 3. The van der Waals surface area contributed by atoms with Crippen molar-refractivity contribution in [2.75, 3.05) is 13.1 Å². The van der Waals surface area contributed by atoms with E-state index in [1.54, 1.807) is 11.0 Å². The first-order chi connectivity index (χ1) is 16.0. The van der Waals surface area contributed by atoms with Crippen molar-refractivity contribution in [3.8, 4) is 11.3 Å². The third-order valence-electron chi connectivity index (χ3n) is 6.77. The number of carbonyl (C=O) groups is 3. The summed E-state index contributed by atoms with van der Waals surface area (Å²) in [4.78, 5) is 48.5. The van der Waals surface area contributed by atoms with Crippen molar-refractivity contribution in [2.45, 2.75) is 38.1 Å². The van der Waals surface area contributed by atoms with Gasteiger partial charge in [0.2, 0.25) is 11.8 Å². The van der Waals surface area contributed by atoms with E-state index >= 15 is 0 Å². The molecule has 3 N–H and O–H groups in total. The van der Waals surface area contributed by atoms with Crippen LogP contribution in [0.1, 0.15) is 34.3 Å². The van der Waals surface area contributed by atoms with Crippen molar-refractivity contribution >= 4 is 28.8 Å². The smallest absolute Gasteiger partial charge is 0.255 e. The number of aromatic amines is 1. The Hall–Kier alpha value is -3.56. The van der Waals surface area contributed by atoms with Crippen molar-refractivity contribution < 1.29 is 19.5 Å². The highest BCUT2D eigenvalue weighted by molar-refractivity contribution is 6.05. The van der Waals surface area contributed by atoms with Crippen LogP contribution < -0.4 is 5.32 Å². The largest absolute Gasteiger partial charge is 0.390 e. The van der Waals surface area contributed by atoms with Gasteiger partial charge in [-0.2, -0.15) is 0 Å². The lowest BCUT2D eigenvalue weighted by molar-refractivity contribution is -0.136. The number of hydrogen-bond acceptors (Lipinski definition) is 6. The average Bonchev–Trinajstić information content (AvgIpc) is 3.37. The van der Waals surface area contributed by atoms with Crippen molar-refractivity contribution in [1.82, 2.24) is 25.1 Å². The minimum absolute atomic E-state index is 0.184. The summed E-state index contributed by atoms with van der Waals surface area (Å²) in [5, 5.41) is 13.0. The molecule has 3 aromatic rings. The topological polar surface area (TPSA) is 119 Å². The standard InChI is InChI=1S/C24H23N5O4/c30-16-11-28(12-16)9-15-8-19(26-22-17(15)5-6-25-22)13-1-2-18-14(7-13)10-29(24(18)33)20-3-4-21(31)27-23(20)32/h1-2,5-8,16,20,30H,3-4,9-12H2,(H,25,26)(H,27,31,32).